The van der Waals surface area contributed by atoms with Gasteiger partial charge in [-0.1, -0.05) is 77.9 Å². The van der Waals surface area contributed by atoms with E-state index in [1.54, 1.807) is 54.7 Å². The van der Waals surface area contributed by atoms with Gasteiger partial charge in [0.1, 0.15) is 0 Å². The van der Waals surface area contributed by atoms with Crippen molar-refractivity contribution in [3.05, 3.63) is 101 Å². The van der Waals surface area contributed by atoms with E-state index in [4.69, 9.17) is 0 Å². The van der Waals surface area contributed by atoms with Gasteiger partial charge in [0, 0.05) is 6.42 Å². The highest BCUT2D eigenvalue weighted by atomic mass is 32.2. The molecule has 31 heavy (non-hydrogen) atoms. The molecule has 0 saturated heterocycles. The van der Waals surface area contributed by atoms with Crippen LogP contribution < -0.4 is 10.1 Å². The largest absolute Gasteiger partial charge is 0.273 e. The van der Waals surface area contributed by atoms with Crippen molar-refractivity contribution in [3.63, 3.8) is 0 Å². The van der Waals surface area contributed by atoms with E-state index in [9.17, 15) is 13.2 Å². The standard InChI is InChI=1S/C24H25N3O3S/c1-18-8-12-20(13-9-18)17-25-26-24(28)16-23(21-6-4-3-5-7-21)27-31(29,30)22-14-10-19(2)11-15-22/h3-15,17,23,27H,16H2,1-2H3,(H,26,28)/b25-17-/t23-/m0/s1. The Labute approximate surface area is 183 Å². The number of nitrogens with zero attached hydrogens (tertiary/aromatic N) is 1. The monoisotopic (exact) mass is 435 g/mol. The minimum atomic E-state index is -3.81. The first kappa shape index (κ1) is 22.4. The van der Waals surface area contributed by atoms with Crippen LogP contribution in [0.3, 0.4) is 0 Å². The van der Waals surface area contributed by atoms with Gasteiger partial charge < -0.3 is 0 Å². The topological polar surface area (TPSA) is 87.6 Å². The first-order valence-electron chi connectivity index (χ1n) is 9.86. The van der Waals surface area contributed by atoms with Crippen LogP contribution in [0.1, 0.15) is 34.7 Å². The van der Waals surface area contributed by atoms with Crippen LogP contribution >= 0.6 is 0 Å². The number of aryl methyl sites for hydroxylation is 2. The van der Waals surface area contributed by atoms with Crippen LogP contribution in [0.25, 0.3) is 0 Å². The third-order valence-corrected chi connectivity index (χ3v) is 6.19. The number of hydrogen-bond acceptors (Lipinski definition) is 4. The minimum absolute atomic E-state index is 0.0969. The smallest absolute Gasteiger partial charge is 0.242 e. The molecule has 0 bridgehead atoms. The van der Waals surface area contributed by atoms with E-state index in [2.05, 4.69) is 15.2 Å². The van der Waals surface area contributed by atoms with Crippen molar-refractivity contribution in [1.82, 2.24) is 10.1 Å². The molecular formula is C24H25N3O3S. The quantitative estimate of drug-likeness (QED) is 0.416. The van der Waals surface area contributed by atoms with Crippen molar-refractivity contribution < 1.29 is 13.2 Å². The average molecular weight is 436 g/mol. The van der Waals surface area contributed by atoms with E-state index in [0.717, 1.165) is 16.7 Å². The lowest BCUT2D eigenvalue weighted by atomic mass is 10.0. The summed E-state index contributed by atoms with van der Waals surface area (Å²) in [6.45, 7) is 3.88. The summed E-state index contributed by atoms with van der Waals surface area (Å²) in [4.78, 5) is 12.6. The Morgan fingerprint density at radius 2 is 1.48 bits per heavy atom. The van der Waals surface area contributed by atoms with Crippen LogP contribution in [0.4, 0.5) is 0 Å². The molecule has 7 heteroatoms. The van der Waals surface area contributed by atoms with Crippen LogP contribution in [0.5, 0.6) is 0 Å². The zero-order chi connectivity index (χ0) is 22.3. The normalized spacial score (nSPS) is 12.6. The number of rotatable bonds is 8. The molecule has 6 nitrogen and oxygen atoms in total. The van der Waals surface area contributed by atoms with Crippen LogP contribution in [-0.4, -0.2) is 20.5 Å². The molecule has 0 aliphatic heterocycles. The van der Waals surface area contributed by atoms with Crippen LogP contribution in [-0.2, 0) is 14.8 Å². The highest BCUT2D eigenvalue weighted by molar-refractivity contribution is 7.89. The Morgan fingerprint density at radius 1 is 0.903 bits per heavy atom. The van der Waals surface area contributed by atoms with Gasteiger partial charge in [-0.15, -0.1) is 0 Å². The molecule has 0 aromatic heterocycles. The number of nitrogens with one attached hydrogen (secondary N) is 2. The summed E-state index contributed by atoms with van der Waals surface area (Å²) in [5, 5.41) is 3.98. The lowest BCUT2D eigenvalue weighted by Gasteiger charge is -2.18. The van der Waals surface area contributed by atoms with Crippen molar-refractivity contribution >= 4 is 22.1 Å². The SMILES string of the molecule is Cc1ccc(/C=N\NC(=O)C[C@H](NS(=O)(=O)c2ccc(C)cc2)c2ccccc2)cc1. The lowest BCUT2D eigenvalue weighted by Crippen LogP contribution is -2.32. The molecule has 2 N–H and O–H groups in total. The Kier molecular flexibility index (Phi) is 7.33. The molecule has 0 heterocycles. The maximum atomic E-state index is 12.9. The summed E-state index contributed by atoms with van der Waals surface area (Å²) in [5.41, 5.74) is 6.11. The molecule has 0 radical (unpaired) electrons. The van der Waals surface area contributed by atoms with Crippen molar-refractivity contribution in [1.29, 1.82) is 0 Å². The number of benzene rings is 3. The van der Waals surface area contributed by atoms with Gasteiger partial charge in [0.15, 0.2) is 0 Å². The summed E-state index contributed by atoms with van der Waals surface area (Å²) in [5.74, 6) is -0.399. The molecule has 1 amide bonds. The van der Waals surface area contributed by atoms with E-state index in [0.29, 0.717) is 5.56 Å². The molecule has 3 aromatic rings. The third-order valence-electron chi connectivity index (χ3n) is 4.70. The predicted octanol–water partition coefficient (Wildman–Crippen LogP) is 3.86. The Morgan fingerprint density at radius 3 is 2.10 bits per heavy atom. The summed E-state index contributed by atoms with van der Waals surface area (Å²) in [6, 6.07) is 22.5. The average Bonchev–Trinajstić information content (AvgIpc) is 2.75. The fourth-order valence-corrected chi connectivity index (χ4v) is 4.17. The number of carbonyl (C=O) groups excluding carboxylic acids is 1. The highest BCUT2D eigenvalue weighted by Gasteiger charge is 2.23. The lowest BCUT2D eigenvalue weighted by molar-refractivity contribution is -0.121. The van der Waals surface area contributed by atoms with Gasteiger partial charge in [-0.25, -0.2) is 18.6 Å². The predicted molar refractivity (Wildman–Crippen MR) is 122 cm³/mol. The number of carbonyl (C=O) groups is 1. The van der Waals surface area contributed by atoms with E-state index in [-0.39, 0.29) is 11.3 Å². The maximum absolute atomic E-state index is 12.9. The van der Waals surface area contributed by atoms with Gasteiger partial charge in [0.2, 0.25) is 15.9 Å². The molecule has 0 fully saturated rings. The van der Waals surface area contributed by atoms with Gasteiger partial charge in [-0.05, 0) is 37.1 Å². The van der Waals surface area contributed by atoms with Crippen molar-refractivity contribution in [2.24, 2.45) is 5.10 Å². The molecule has 160 valence electrons. The molecule has 0 spiro atoms. The number of amides is 1. The molecule has 3 rings (SSSR count). The van der Waals surface area contributed by atoms with Gasteiger partial charge in [0.05, 0.1) is 17.2 Å². The summed E-state index contributed by atoms with van der Waals surface area (Å²) in [6.07, 6.45) is 1.45. The Bertz CT molecular complexity index is 1140. The molecule has 0 unspecified atom stereocenters. The van der Waals surface area contributed by atoms with E-state index in [1.165, 1.54) is 0 Å². The van der Waals surface area contributed by atoms with Gasteiger partial charge in [0.25, 0.3) is 0 Å². The molecule has 0 saturated carbocycles. The molecule has 1 atom stereocenters. The Balaban J connectivity index is 1.72. The van der Waals surface area contributed by atoms with Gasteiger partial charge >= 0.3 is 0 Å². The van der Waals surface area contributed by atoms with Crippen molar-refractivity contribution in [3.8, 4) is 0 Å². The van der Waals surface area contributed by atoms with Gasteiger partial charge in [-0.2, -0.15) is 5.10 Å². The molecule has 0 aliphatic carbocycles. The van der Waals surface area contributed by atoms with Crippen molar-refractivity contribution in [2.45, 2.75) is 31.2 Å². The molecular weight excluding hydrogens is 410 g/mol. The molecule has 0 aliphatic rings. The maximum Gasteiger partial charge on any atom is 0.242 e. The zero-order valence-corrected chi connectivity index (χ0v) is 18.3. The Hall–Kier alpha value is -3.29. The number of hydrazone groups is 1. The summed E-state index contributed by atoms with van der Waals surface area (Å²) < 4.78 is 28.4. The van der Waals surface area contributed by atoms with Crippen LogP contribution in [0.15, 0.2) is 88.9 Å². The van der Waals surface area contributed by atoms with Crippen LogP contribution in [0, 0.1) is 13.8 Å². The first-order valence-corrected chi connectivity index (χ1v) is 11.3. The van der Waals surface area contributed by atoms with Crippen molar-refractivity contribution in [2.75, 3.05) is 0 Å². The van der Waals surface area contributed by atoms with E-state index >= 15 is 0 Å². The number of hydrogen-bond donors (Lipinski definition) is 2. The van der Waals surface area contributed by atoms with Gasteiger partial charge in [-0.3, -0.25) is 4.79 Å². The second-order valence-corrected chi connectivity index (χ2v) is 9.02. The summed E-state index contributed by atoms with van der Waals surface area (Å²) in [7, 11) is -3.81. The highest BCUT2D eigenvalue weighted by Crippen LogP contribution is 2.20. The second kappa shape index (κ2) is 10.1. The number of sulfonamides is 1. The second-order valence-electron chi connectivity index (χ2n) is 7.31. The summed E-state index contributed by atoms with van der Waals surface area (Å²) >= 11 is 0. The fraction of sp³-hybridized carbons (Fsp3) is 0.167. The first-order chi connectivity index (χ1) is 14.8. The van der Waals surface area contributed by atoms with E-state index in [1.807, 2.05) is 44.2 Å². The fourth-order valence-electron chi connectivity index (χ4n) is 2.95. The van der Waals surface area contributed by atoms with E-state index < -0.39 is 22.0 Å². The minimum Gasteiger partial charge on any atom is -0.273 e. The third kappa shape index (κ3) is 6.60. The zero-order valence-electron chi connectivity index (χ0n) is 17.4. The van der Waals surface area contributed by atoms with Crippen LogP contribution in [0.2, 0.25) is 0 Å². The molecule has 3 aromatic carbocycles.